The maximum Gasteiger partial charge on any atom is 0.409 e. The van der Waals surface area contributed by atoms with Crippen molar-refractivity contribution in [1.82, 2.24) is 15.4 Å². The monoisotopic (exact) mass is 576 g/mol. The summed E-state index contributed by atoms with van der Waals surface area (Å²) in [4.78, 5) is 23.1. The summed E-state index contributed by atoms with van der Waals surface area (Å²) in [7, 11) is 1.37. The van der Waals surface area contributed by atoms with Crippen LogP contribution in [0.2, 0.25) is 5.02 Å². The number of carbonyl (C=O) groups excluding carboxylic acids is 1. The third-order valence-corrected chi connectivity index (χ3v) is 7.00. The Bertz CT molecular complexity index is 1440. The molecule has 2 unspecified atom stereocenters. The molecule has 0 radical (unpaired) electrons. The first-order valence-corrected chi connectivity index (χ1v) is 12.8. The third kappa shape index (κ3) is 5.97. The highest BCUT2D eigenvalue weighted by Gasteiger charge is 2.41. The molecule has 8 nitrogen and oxygen atoms in total. The van der Waals surface area contributed by atoms with Crippen LogP contribution in [-0.4, -0.2) is 48.4 Å². The van der Waals surface area contributed by atoms with E-state index in [1.807, 2.05) is 18.2 Å². The summed E-state index contributed by atoms with van der Waals surface area (Å²) in [6, 6.07) is 9.51. The molecule has 13 heteroatoms. The number of hydrazine groups is 1. The fourth-order valence-corrected chi connectivity index (χ4v) is 4.87. The number of ether oxygens (including phenoxy) is 1. The van der Waals surface area contributed by atoms with Crippen molar-refractivity contribution in [2.45, 2.75) is 25.1 Å². The molecule has 3 aromatic rings. The van der Waals surface area contributed by atoms with Crippen molar-refractivity contribution in [2.75, 3.05) is 35.4 Å². The number of carbonyl (C=O) groups is 1. The van der Waals surface area contributed by atoms with E-state index < -0.39 is 18.0 Å². The van der Waals surface area contributed by atoms with E-state index >= 15 is 0 Å². The number of aromatic nitrogens is 2. The number of hydrogen-bond acceptors (Lipinski definition) is 8. The van der Waals surface area contributed by atoms with Crippen molar-refractivity contribution in [3.05, 3.63) is 71.8 Å². The second kappa shape index (κ2) is 11.3. The molecule has 2 aromatic carbocycles. The number of anilines is 4. The van der Waals surface area contributed by atoms with Crippen LogP contribution >= 0.6 is 11.6 Å². The Labute approximate surface area is 232 Å². The third-order valence-electron chi connectivity index (χ3n) is 6.71. The van der Waals surface area contributed by atoms with Crippen molar-refractivity contribution in [3.8, 4) is 11.1 Å². The van der Waals surface area contributed by atoms with Gasteiger partial charge in [0, 0.05) is 42.4 Å². The Morgan fingerprint density at radius 2 is 2.05 bits per heavy atom. The van der Waals surface area contributed by atoms with E-state index in [4.69, 9.17) is 16.3 Å². The standard InChI is InChI=1S/C27H25ClF4N6O2/c1-40-25(39)17-5-3-10-37(15-17)19-6-2-4-16(12-19)20-14-33-26(34-18-7-8-22(29)21(28)13-18)35-24(20)38-11-9-23(36-38)27(30,31)32/h2,4,6-9,11-14,17,23,36H,3,5,10,15H2,1H3,(H,33,34,35). The Morgan fingerprint density at radius 3 is 2.77 bits per heavy atom. The predicted octanol–water partition coefficient (Wildman–Crippen LogP) is 5.84. The summed E-state index contributed by atoms with van der Waals surface area (Å²) in [5.74, 6) is -0.865. The van der Waals surface area contributed by atoms with E-state index in [1.54, 1.807) is 6.07 Å². The molecule has 210 valence electrons. The lowest BCUT2D eigenvalue weighted by Crippen LogP contribution is -2.44. The number of alkyl halides is 3. The van der Waals surface area contributed by atoms with E-state index in [1.165, 1.54) is 42.7 Å². The van der Waals surface area contributed by atoms with Gasteiger partial charge in [-0.25, -0.2) is 14.8 Å². The van der Waals surface area contributed by atoms with Gasteiger partial charge in [-0.15, -0.1) is 0 Å². The van der Waals surface area contributed by atoms with Crippen molar-refractivity contribution in [2.24, 2.45) is 5.92 Å². The van der Waals surface area contributed by atoms with Gasteiger partial charge >= 0.3 is 12.1 Å². The maximum atomic E-state index is 13.6. The number of halogens is 5. The molecule has 2 N–H and O–H groups in total. The van der Waals surface area contributed by atoms with E-state index in [-0.39, 0.29) is 28.7 Å². The van der Waals surface area contributed by atoms with E-state index in [9.17, 15) is 22.4 Å². The van der Waals surface area contributed by atoms with E-state index in [0.717, 1.165) is 31.1 Å². The lowest BCUT2D eigenvalue weighted by Gasteiger charge is -2.33. The Hall–Kier alpha value is -3.90. The van der Waals surface area contributed by atoms with Crippen LogP contribution in [0.15, 0.2) is 60.9 Å². The molecule has 3 heterocycles. The van der Waals surface area contributed by atoms with Gasteiger partial charge in [0.25, 0.3) is 0 Å². The minimum Gasteiger partial charge on any atom is -0.469 e. The molecule has 2 atom stereocenters. The Balaban J connectivity index is 1.49. The molecule has 0 bridgehead atoms. The largest absolute Gasteiger partial charge is 0.469 e. The summed E-state index contributed by atoms with van der Waals surface area (Å²) < 4.78 is 58.8. The number of benzene rings is 2. The highest BCUT2D eigenvalue weighted by Crippen LogP contribution is 2.35. The van der Waals surface area contributed by atoms with Crippen molar-refractivity contribution in [3.63, 3.8) is 0 Å². The van der Waals surface area contributed by atoms with E-state index in [0.29, 0.717) is 23.4 Å². The molecule has 40 heavy (non-hydrogen) atoms. The molecule has 1 fully saturated rings. The number of nitrogens with one attached hydrogen (secondary N) is 2. The summed E-state index contributed by atoms with van der Waals surface area (Å²) in [6.45, 7) is 1.24. The van der Waals surface area contributed by atoms with Gasteiger partial charge in [-0.2, -0.15) is 18.2 Å². The topological polar surface area (TPSA) is 82.6 Å². The average Bonchev–Trinajstić information content (AvgIpc) is 3.46. The molecule has 0 saturated carbocycles. The van der Waals surface area contributed by atoms with Crippen LogP contribution in [0, 0.1) is 11.7 Å². The van der Waals surface area contributed by atoms with Crippen LogP contribution < -0.4 is 20.7 Å². The molecule has 2 aliphatic heterocycles. The lowest BCUT2D eigenvalue weighted by molar-refractivity contribution is -0.145. The summed E-state index contributed by atoms with van der Waals surface area (Å²) >= 11 is 5.87. The summed E-state index contributed by atoms with van der Waals surface area (Å²) in [5, 5.41) is 4.00. The number of nitrogens with zero attached hydrogens (tertiary/aromatic N) is 4. The molecule has 2 aliphatic rings. The molecule has 0 spiro atoms. The van der Waals surface area contributed by atoms with Crippen LogP contribution in [0.3, 0.4) is 0 Å². The normalized spacial score (nSPS) is 19.1. The van der Waals surface area contributed by atoms with Crippen LogP contribution in [0.4, 0.5) is 40.7 Å². The lowest BCUT2D eigenvalue weighted by atomic mass is 9.97. The number of rotatable bonds is 6. The quantitative estimate of drug-likeness (QED) is 0.280. The van der Waals surface area contributed by atoms with Crippen molar-refractivity contribution in [1.29, 1.82) is 0 Å². The minimum atomic E-state index is -4.51. The van der Waals surface area contributed by atoms with Gasteiger partial charge in [-0.3, -0.25) is 9.80 Å². The first kappa shape index (κ1) is 27.7. The second-order valence-corrected chi connectivity index (χ2v) is 9.81. The number of methoxy groups -OCH3 is 1. The zero-order valence-electron chi connectivity index (χ0n) is 21.3. The molecule has 0 amide bonds. The van der Waals surface area contributed by atoms with Gasteiger partial charge in [0.1, 0.15) is 11.9 Å². The van der Waals surface area contributed by atoms with Crippen molar-refractivity contribution < 1.29 is 27.1 Å². The predicted molar refractivity (Wildman–Crippen MR) is 144 cm³/mol. The average molecular weight is 577 g/mol. The first-order chi connectivity index (χ1) is 19.1. The van der Waals surface area contributed by atoms with Crippen LogP contribution in [0.25, 0.3) is 11.1 Å². The van der Waals surface area contributed by atoms with Gasteiger partial charge in [0.05, 0.1) is 18.1 Å². The number of esters is 1. The molecular formula is C27H25ClF4N6O2. The van der Waals surface area contributed by atoms with Gasteiger partial charge in [-0.05, 0) is 54.8 Å². The minimum absolute atomic E-state index is 0.0696. The van der Waals surface area contributed by atoms with Gasteiger partial charge in [-0.1, -0.05) is 23.7 Å². The van der Waals surface area contributed by atoms with Gasteiger partial charge in [0.2, 0.25) is 5.95 Å². The fraction of sp³-hybridized carbons (Fsp3) is 0.296. The van der Waals surface area contributed by atoms with Crippen LogP contribution in [0.1, 0.15) is 12.8 Å². The zero-order chi connectivity index (χ0) is 28.4. The second-order valence-electron chi connectivity index (χ2n) is 9.40. The molecular weight excluding hydrogens is 552 g/mol. The Morgan fingerprint density at radius 1 is 1.23 bits per heavy atom. The molecule has 0 aliphatic carbocycles. The molecule has 1 aromatic heterocycles. The smallest absolute Gasteiger partial charge is 0.409 e. The van der Waals surface area contributed by atoms with Gasteiger partial charge in [0.15, 0.2) is 5.82 Å². The summed E-state index contributed by atoms with van der Waals surface area (Å²) in [6.07, 6.45) is 0.802. The number of piperidine rings is 1. The first-order valence-electron chi connectivity index (χ1n) is 12.4. The Kier molecular flexibility index (Phi) is 7.81. The fourth-order valence-electron chi connectivity index (χ4n) is 4.69. The number of hydrogen-bond donors (Lipinski definition) is 2. The molecule has 5 rings (SSSR count). The highest BCUT2D eigenvalue weighted by atomic mass is 35.5. The maximum absolute atomic E-state index is 13.6. The van der Waals surface area contributed by atoms with Crippen molar-refractivity contribution >= 4 is 40.7 Å². The van der Waals surface area contributed by atoms with Gasteiger partial charge < -0.3 is 15.0 Å². The van der Waals surface area contributed by atoms with Crippen LogP contribution in [-0.2, 0) is 9.53 Å². The SMILES string of the molecule is COC(=O)C1CCCN(c2cccc(-c3cnc(Nc4ccc(F)c(Cl)c4)nc3N3C=CC(C(F)(F)F)N3)c2)C1. The zero-order valence-corrected chi connectivity index (χ0v) is 22.0. The summed E-state index contributed by atoms with van der Waals surface area (Å²) in [5.41, 5.74) is 4.78. The highest BCUT2D eigenvalue weighted by molar-refractivity contribution is 6.31. The van der Waals surface area contributed by atoms with Crippen LogP contribution in [0.5, 0.6) is 0 Å². The van der Waals surface area contributed by atoms with E-state index in [2.05, 4.69) is 25.6 Å². The molecule has 1 saturated heterocycles.